The minimum Gasteiger partial charge on any atom is -0.381 e. The standard InChI is InChI=1S/C19H32N2O2/c1-13(2)9-17-12-16(21-23-17)10-14-11-18(19(14,3)4)20-15-5-7-22-8-6-15/h12-15,18,20H,5-11H2,1-4H3. The molecule has 0 aromatic carbocycles. The lowest BCUT2D eigenvalue weighted by molar-refractivity contribution is -0.00757. The zero-order valence-corrected chi connectivity index (χ0v) is 15.1. The molecule has 130 valence electrons. The summed E-state index contributed by atoms with van der Waals surface area (Å²) in [6.07, 6.45) is 5.57. The van der Waals surface area contributed by atoms with Crippen LogP contribution in [0.1, 0.15) is 58.4 Å². The summed E-state index contributed by atoms with van der Waals surface area (Å²) >= 11 is 0. The highest BCUT2D eigenvalue weighted by Crippen LogP contribution is 2.48. The van der Waals surface area contributed by atoms with Gasteiger partial charge in [-0.2, -0.15) is 0 Å². The van der Waals surface area contributed by atoms with E-state index in [4.69, 9.17) is 9.26 Å². The topological polar surface area (TPSA) is 47.3 Å². The molecule has 2 fully saturated rings. The minimum absolute atomic E-state index is 0.329. The molecule has 1 aliphatic heterocycles. The molecule has 2 atom stereocenters. The van der Waals surface area contributed by atoms with Crippen LogP contribution in [0, 0.1) is 17.3 Å². The van der Waals surface area contributed by atoms with Gasteiger partial charge in [0.15, 0.2) is 0 Å². The minimum atomic E-state index is 0.329. The normalized spacial score (nSPS) is 28.0. The van der Waals surface area contributed by atoms with Gasteiger partial charge in [0.1, 0.15) is 5.76 Å². The van der Waals surface area contributed by atoms with Crippen LogP contribution in [0.4, 0.5) is 0 Å². The lowest BCUT2D eigenvalue weighted by atomic mass is 9.57. The van der Waals surface area contributed by atoms with Gasteiger partial charge >= 0.3 is 0 Å². The third kappa shape index (κ3) is 3.97. The molecule has 1 saturated heterocycles. The monoisotopic (exact) mass is 320 g/mol. The summed E-state index contributed by atoms with van der Waals surface area (Å²) in [4.78, 5) is 0. The average Bonchev–Trinajstić information content (AvgIpc) is 2.94. The van der Waals surface area contributed by atoms with Crippen molar-refractivity contribution in [3.8, 4) is 0 Å². The van der Waals surface area contributed by atoms with Crippen LogP contribution in [0.15, 0.2) is 10.6 Å². The van der Waals surface area contributed by atoms with E-state index in [1.807, 2.05) is 0 Å². The van der Waals surface area contributed by atoms with E-state index < -0.39 is 0 Å². The summed E-state index contributed by atoms with van der Waals surface area (Å²) in [6, 6.07) is 3.42. The zero-order valence-electron chi connectivity index (χ0n) is 15.1. The van der Waals surface area contributed by atoms with Crippen molar-refractivity contribution in [2.24, 2.45) is 17.3 Å². The van der Waals surface area contributed by atoms with Gasteiger partial charge in [-0.15, -0.1) is 0 Å². The number of hydrogen-bond acceptors (Lipinski definition) is 4. The first-order valence-electron chi connectivity index (χ1n) is 9.23. The predicted octanol–water partition coefficient (Wildman–Crippen LogP) is 3.60. The van der Waals surface area contributed by atoms with Crippen molar-refractivity contribution < 1.29 is 9.26 Å². The number of nitrogens with zero attached hydrogens (tertiary/aromatic N) is 1. The van der Waals surface area contributed by atoms with Crippen molar-refractivity contribution in [2.75, 3.05) is 13.2 Å². The Kier molecular flexibility index (Phi) is 5.12. The zero-order chi connectivity index (χ0) is 16.4. The first kappa shape index (κ1) is 17.0. The van der Waals surface area contributed by atoms with E-state index in [0.29, 0.717) is 29.3 Å². The molecule has 1 saturated carbocycles. The first-order valence-corrected chi connectivity index (χ1v) is 9.23. The third-order valence-electron chi connectivity index (χ3n) is 5.80. The summed E-state index contributed by atoms with van der Waals surface area (Å²) in [5.41, 5.74) is 1.46. The summed E-state index contributed by atoms with van der Waals surface area (Å²) in [5.74, 6) is 2.34. The van der Waals surface area contributed by atoms with Crippen molar-refractivity contribution in [2.45, 2.75) is 71.9 Å². The first-order chi connectivity index (χ1) is 10.9. The summed E-state index contributed by atoms with van der Waals surface area (Å²) in [7, 11) is 0. The largest absolute Gasteiger partial charge is 0.381 e. The van der Waals surface area contributed by atoms with E-state index in [9.17, 15) is 0 Å². The van der Waals surface area contributed by atoms with Gasteiger partial charge in [0.2, 0.25) is 0 Å². The molecule has 0 spiro atoms. The Labute approximate surface area is 140 Å². The molecule has 1 N–H and O–H groups in total. The summed E-state index contributed by atoms with van der Waals surface area (Å²) in [5, 5.41) is 8.15. The molecule has 1 aromatic heterocycles. The van der Waals surface area contributed by atoms with E-state index in [1.165, 1.54) is 6.42 Å². The molecule has 4 heteroatoms. The van der Waals surface area contributed by atoms with E-state index in [2.05, 4.69) is 44.2 Å². The number of ether oxygens (including phenoxy) is 1. The van der Waals surface area contributed by atoms with Crippen LogP contribution in [0.3, 0.4) is 0 Å². The molecule has 0 radical (unpaired) electrons. The van der Waals surface area contributed by atoms with E-state index in [1.54, 1.807) is 0 Å². The van der Waals surface area contributed by atoms with Crippen molar-refractivity contribution in [1.29, 1.82) is 0 Å². The van der Waals surface area contributed by atoms with Gasteiger partial charge in [-0.3, -0.25) is 0 Å². The van der Waals surface area contributed by atoms with Crippen LogP contribution in [-0.4, -0.2) is 30.5 Å². The van der Waals surface area contributed by atoms with Crippen molar-refractivity contribution in [3.05, 3.63) is 17.5 Å². The Morgan fingerprint density at radius 3 is 2.70 bits per heavy atom. The molecule has 23 heavy (non-hydrogen) atoms. The maximum Gasteiger partial charge on any atom is 0.137 e. The van der Waals surface area contributed by atoms with Crippen molar-refractivity contribution in [3.63, 3.8) is 0 Å². The molecular weight excluding hydrogens is 288 g/mol. The Morgan fingerprint density at radius 2 is 2.04 bits per heavy atom. The third-order valence-corrected chi connectivity index (χ3v) is 5.80. The van der Waals surface area contributed by atoms with Gasteiger partial charge in [0.05, 0.1) is 5.69 Å². The molecule has 2 heterocycles. The fraction of sp³-hybridized carbons (Fsp3) is 0.842. The fourth-order valence-electron chi connectivity index (χ4n) is 4.00. The molecule has 4 nitrogen and oxygen atoms in total. The summed E-state index contributed by atoms with van der Waals surface area (Å²) in [6.45, 7) is 11.0. The van der Waals surface area contributed by atoms with Gasteiger partial charge in [-0.1, -0.05) is 32.9 Å². The van der Waals surface area contributed by atoms with Gasteiger partial charge in [-0.25, -0.2) is 0 Å². The number of nitrogens with one attached hydrogen (secondary N) is 1. The lowest BCUT2D eigenvalue weighted by Gasteiger charge is -2.54. The Bertz CT molecular complexity index is 503. The van der Waals surface area contributed by atoms with Gasteiger partial charge < -0.3 is 14.6 Å². The van der Waals surface area contributed by atoms with Gasteiger partial charge in [0, 0.05) is 37.8 Å². The SMILES string of the molecule is CC(C)Cc1cc(CC2CC(NC3CCOCC3)C2(C)C)no1. The molecule has 0 bridgehead atoms. The molecule has 2 unspecified atom stereocenters. The predicted molar refractivity (Wildman–Crippen MR) is 91.4 cm³/mol. The second-order valence-electron chi connectivity index (χ2n) is 8.45. The van der Waals surface area contributed by atoms with Crippen LogP contribution in [0.2, 0.25) is 0 Å². The molecule has 0 amide bonds. The number of rotatable bonds is 6. The highest BCUT2D eigenvalue weighted by molar-refractivity contribution is 5.12. The molecule has 1 aromatic rings. The molecule has 3 rings (SSSR count). The van der Waals surface area contributed by atoms with Crippen LogP contribution in [-0.2, 0) is 17.6 Å². The van der Waals surface area contributed by atoms with Gasteiger partial charge in [-0.05, 0) is 42.9 Å². The van der Waals surface area contributed by atoms with E-state index >= 15 is 0 Å². The Hall–Kier alpha value is -0.870. The maximum absolute atomic E-state index is 5.48. The van der Waals surface area contributed by atoms with E-state index in [0.717, 1.165) is 50.4 Å². The summed E-state index contributed by atoms with van der Waals surface area (Å²) < 4.78 is 10.9. The van der Waals surface area contributed by atoms with Crippen LogP contribution < -0.4 is 5.32 Å². The average molecular weight is 320 g/mol. The Balaban J connectivity index is 1.51. The quantitative estimate of drug-likeness (QED) is 0.870. The second kappa shape index (κ2) is 6.94. The van der Waals surface area contributed by atoms with Crippen LogP contribution in [0.25, 0.3) is 0 Å². The van der Waals surface area contributed by atoms with Gasteiger partial charge in [0.25, 0.3) is 0 Å². The maximum atomic E-state index is 5.48. The highest BCUT2D eigenvalue weighted by atomic mass is 16.5. The molecule has 1 aliphatic carbocycles. The fourth-order valence-corrected chi connectivity index (χ4v) is 4.00. The Morgan fingerprint density at radius 1 is 1.30 bits per heavy atom. The number of hydrogen-bond donors (Lipinski definition) is 1. The number of aromatic nitrogens is 1. The van der Waals surface area contributed by atoms with Crippen molar-refractivity contribution >= 4 is 0 Å². The molecule has 2 aliphatic rings. The smallest absolute Gasteiger partial charge is 0.137 e. The van der Waals surface area contributed by atoms with Crippen molar-refractivity contribution in [1.82, 2.24) is 10.5 Å². The van der Waals surface area contributed by atoms with E-state index in [-0.39, 0.29) is 0 Å². The second-order valence-corrected chi connectivity index (χ2v) is 8.45. The lowest BCUT2D eigenvalue weighted by Crippen LogP contribution is -2.60. The van der Waals surface area contributed by atoms with Crippen LogP contribution >= 0.6 is 0 Å². The highest BCUT2D eigenvalue weighted by Gasteiger charge is 2.48. The van der Waals surface area contributed by atoms with Crippen LogP contribution in [0.5, 0.6) is 0 Å². The molecular formula is C19H32N2O2.